The monoisotopic (exact) mass is 418 g/mol. The van der Waals surface area contributed by atoms with Crippen LogP contribution < -0.4 is 15.5 Å². The first-order valence-electron chi connectivity index (χ1n) is 9.98. The number of amides is 4. The first kappa shape index (κ1) is 20.4. The smallest absolute Gasteiger partial charge is 0.321 e. The molecule has 31 heavy (non-hydrogen) atoms. The van der Waals surface area contributed by atoms with Crippen LogP contribution in [0.4, 0.5) is 31.0 Å². The molecule has 1 aliphatic rings. The summed E-state index contributed by atoms with van der Waals surface area (Å²) >= 11 is 0. The van der Waals surface area contributed by atoms with Crippen molar-refractivity contribution in [2.24, 2.45) is 0 Å². The number of rotatable bonds is 4. The highest BCUT2D eigenvalue weighted by atomic mass is 19.1. The zero-order valence-electron chi connectivity index (χ0n) is 17.3. The van der Waals surface area contributed by atoms with Crippen molar-refractivity contribution in [1.82, 2.24) is 4.90 Å². The summed E-state index contributed by atoms with van der Waals surface area (Å²) in [5.74, 6) is -0.372. The molecule has 0 spiro atoms. The second kappa shape index (κ2) is 8.47. The number of anilines is 3. The normalized spacial score (nSPS) is 15.5. The van der Waals surface area contributed by atoms with E-state index in [-0.39, 0.29) is 17.9 Å². The Labute approximate surface area is 180 Å². The van der Waals surface area contributed by atoms with E-state index < -0.39 is 6.03 Å². The maximum absolute atomic E-state index is 13.1. The molecule has 3 aromatic carbocycles. The van der Waals surface area contributed by atoms with Crippen LogP contribution in [0.25, 0.3) is 0 Å². The molecule has 0 saturated carbocycles. The number of carbonyl (C=O) groups excluding carboxylic acids is 2. The van der Waals surface area contributed by atoms with Crippen LogP contribution in [0.2, 0.25) is 0 Å². The molecule has 0 radical (unpaired) electrons. The summed E-state index contributed by atoms with van der Waals surface area (Å²) in [5, 5.41) is 5.45. The average molecular weight is 418 g/mol. The molecule has 0 aliphatic carbocycles. The number of hydrogen-bond acceptors (Lipinski definition) is 2. The van der Waals surface area contributed by atoms with E-state index in [1.54, 1.807) is 16.8 Å². The van der Waals surface area contributed by atoms with Crippen molar-refractivity contribution in [2.75, 3.05) is 22.6 Å². The third-order valence-corrected chi connectivity index (χ3v) is 5.43. The number of benzene rings is 3. The second-order valence-electron chi connectivity index (χ2n) is 7.50. The number of carbonyl (C=O) groups is 2. The highest BCUT2D eigenvalue weighted by molar-refractivity contribution is 6.01. The van der Waals surface area contributed by atoms with Gasteiger partial charge in [0, 0.05) is 18.4 Å². The van der Waals surface area contributed by atoms with Crippen molar-refractivity contribution in [3.8, 4) is 0 Å². The minimum Gasteiger partial charge on any atom is -0.321 e. The fourth-order valence-electron chi connectivity index (χ4n) is 3.62. The van der Waals surface area contributed by atoms with E-state index in [9.17, 15) is 14.0 Å². The summed E-state index contributed by atoms with van der Waals surface area (Å²) in [4.78, 5) is 28.8. The summed E-state index contributed by atoms with van der Waals surface area (Å²) < 4.78 is 13.1. The van der Waals surface area contributed by atoms with E-state index in [4.69, 9.17) is 0 Å². The van der Waals surface area contributed by atoms with Crippen molar-refractivity contribution in [2.45, 2.75) is 19.5 Å². The van der Waals surface area contributed by atoms with Gasteiger partial charge in [-0.05, 0) is 54.4 Å². The predicted molar refractivity (Wildman–Crippen MR) is 120 cm³/mol. The van der Waals surface area contributed by atoms with Gasteiger partial charge in [-0.1, -0.05) is 36.4 Å². The molecule has 1 unspecified atom stereocenters. The van der Waals surface area contributed by atoms with E-state index in [1.165, 1.54) is 24.3 Å². The highest BCUT2D eigenvalue weighted by Crippen LogP contribution is 2.38. The molecule has 4 amide bonds. The highest BCUT2D eigenvalue weighted by Gasteiger charge is 2.33. The standard InChI is InChI=1S/C24H23FN4O2/c1-16-21-13-12-20(27-23(30)26-19-10-8-18(25)9-11-19)14-22(21)29(24(31)28(16)2)15-17-6-4-3-5-7-17/h3-14,16H,15H2,1-2H3,(H2,26,27,30). The molecule has 1 heterocycles. The molecule has 1 atom stereocenters. The van der Waals surface area contributed by atoms with Gasteiger partial charge < -0.3 is 15.5 Å². The minimum absolute atomic E-state index is 0.0865. The molecule has 7 heteroatoms. The van der Waals surface area contributed by atoms with Gasteiger partial charge in [0.25, 0.3) is 0 Å². The zero-order valence-corrected chi connectivity index (χ0v) is 17.3. The molecule has 3 aromatic rings. The van der Waals surface area contributed by atoms with Crippen LogP contribution in [0.5, 0.6) is 0 Å². The molecule has 0 saturated heterocycles. The molecular weight excluding hydrogens is 395 g/mol. The van der Waals surface area contributed by atoms with Crippen LogP contribution in [-0.4, -0.2) is 24.0 Å². The topological polar surface area (TPSA) is 64.7 Å². The van der Waals surface area contributed by atoms with Crippen LogP contribution in [0.3, 0.4) is 0 Å². The van der Waals surface area contributed by atoms with Crippen LogP contribution in [0, 0.1) is 5.82 Å². The zero-order chi connectivity index (χ0) is 22.0. The van der Waals surface area contributed by atoms with E-state index in [1.807, 2.05) is 55.5 Å². The lowest BCUT2D eigenvalue weighted by Gasteiger charge is -2.39. The van der Waals surface area contributed by atoms with Gasteiger partial charge >= 0.3 is 12.1 Å². The van der Waals surface area contributed by atoms with Gasteiger partial charge in [-0.15, -0.1) is 0 Å². The lowest BCUT2D eigenvalue weighted by atomic mass is 10.00. The second-order valence-corrected chi connectivity index (χ2v) is 7.50. The van der Waals surface area contributed by atoms with Crippen molar-refractivity contribution >= 4 is 29.1 Å². The summed E-state index contributed by atoms with van der Waals surface area (Å²) in [6, 6.07) is 20.2. The quantitative estimate of drug-likeness (QED) is 0.579. The summed E-state index contributed by atoms with van der Waals surface area (Å²) in [5.41, 5.74) is 3.81. The molecule has 158 valence electrons. The average Bonchev–Trinajstić information content (AvgIpc) is 2.77. The number of fused-ring (bicyclic) bond motifs is 1. The Morgan fingerprint density at radius 3 is 2.32 bits per heavy atom. The Balaban J connectivity index is 1.59. The third kappa shape index (κ3) is 4.35. The first-order chi connectivity index (χ1) is 14.9. The van der Waals surface area contributed by atoms with Gasteiger partial charge in [0.05, 0.1) is 18.3 Å². The van der Waals surface area contributed by atoms with Gasteiger partial charge in [-0.2, -0.15) is 0 Å². The summed E-state index contributed by atoms with van der Waals surface area (Å²) in [6.45, 7) is 2.40. The third-order valence-electron chi connectivity index (χ3n) is 5.43. The van der Waals surface area contributed by atoms with Gasteiger partial charge in [-0.25, -0.2) is 14.0 Å². The van der Waals surface area contributed by atoms with Crippen molar-refractivity contribution in [3.05, 3.63) is 89.7 Å². The maximum atomic E-state index is 13.1. The summed E-state index contributed by atoms with van der Waals surface area (Å²) in [7, 11) is 1.79. The first-order valence-corrected chi connectivity index (χ1v) is 9.98. The van der Waals surface area contributed by atoms with E-state index in [0.717, 1.165) is 16.8 Å². The minimum atomic E-state index is -0.450. The predicted octanol–water partition coefficient (Wildman–Crippen LogP) is 5.60. The molecule has 6 nitrogen and oxygen atoms in total. The molecular formula is C24H23FN4O2. The number of halogens is 1. The van der Waals surface area contributed by atoms with Crippen LogP contribution >= 0.6 is 0 Å². The Kier molecular flexibility index (Phi) is 5.58. The molecule has 4 rings (SSSR count). The lowest BCUT2D eigenvalue weighted by molar-refractivity contribution is 0.196. The Bertz CT molecular complexity index is 1100. The SMILES string of the molecule is CC1c2ccc(NC(=O)Nc3ccc(F)cc3)cc2N(Cc2ccccc2)C(=O)N1C. The van der Waals surface area contributed by atoms with Gasteiger partial charge in [0.2, 0.25) is 0 Å². The molecule has 0 bridgehead atoms. The van der Waals surface area contributed by atoms with Crippen molar-refractivity contribution in [3.63, 3.8) is 0 Å². The van der Waals surface area contributed by atoms with Crippen molar-refractivity contribution in [1.29, 1.82) is 0 Å². The van der Waals surface area contributed by atoms with Crippen LogP contribution in [0.1, 0.15) is 24.1 Å². The van der Waals surface area contributed by atoms with E-state index >= 15 is 0 Å². The van der Waals surface area contributed by atoms with Crippen LogP contribution in [-0.2, 0) is 6.54 Å². The molecule has 0 fully saturated rings. The van der Waals surface area contributed by atoms with Gasteiger partial charge in [0.1, 0.15) is 5.82 Å². The molecule has 2 N–H and O–H groups in total. The molecule has 1 aliphatic heterocycles. The van der Waals surface area contributed by atoms with Crippen molar-refractivity contribution < 1.29 is 14.0 Å². The Morgan fingerprint density at radius 1 is 0.968 bits per heavy atom. The lowest BCUT2D eigenvalue weighted by Crippen LogP contribution is -2.46. The fraction of sp³-hybridized carbons (Fsp3) is 0.167. The van der Waals surface area contributed by atoms with Gasteiger partial charge in [-0.3, -0.25) is 4.90 Å². The van der Waals surface area contributed by atoms with Crippen LogP contribution in [0.15, 0.2) is 72.8 Å². The number of urea groups is 2. The largest absolute Gasteiger partial charge is 0.325 e. The summed E-state index contributed by atoms with van der Waals surface area (Å²) in [6.07, 6.45) is 0. The maximum Gasteiger partial charge on any atom is 0.325 e. The van der Waals surface area contributed by atoms with E-state index in [2.05, 4.69) is 10.6 Å². The number of hydrogen-bond donors (Lipinski definition) is 2. The van der Waals surface area contributed by atoms with Gasteiger partial charge in [0.15, 0.2) is 0 Å². The Morgan fingerprint density at radius 2 is 1.61 bits per heavy atom. The fourth-order valence-corrected chi connectivity index (χ4v) is 3.62. The number of nitrogens with zero attached hydrogens (tertiary/aromatic N) is 2. The molecule has 0 aromatic heterocycles. The number of nitrogens with one attached hydrogen (secondary N) is 2. The van der Waals surface area contributed by atoms with E-state index in [0.29, 0.717) is 17.9 Å². The Hall–Kier alpha value is -3.87.